The van der Waals surface area contributed by atoms with Gasteiger partial charge in [-0.3, -0.25) is 9.79 Å². The summed E-state index contributed by atoms with van der Waals surface area (Å²) in [7, 11) is 0. The molecule has 0 aromatic heterocycles. The molecule has 28 heavy (non-hydrogen) atoms. The number of halogens is 1. The number of guanidine groups is 1. The second-order valence-corrected chi connectivity index (χ2v) is 6.55. The van der Waals surface area contributed by atoms with Crippen LogP contribution in [0.1, 0.15) is 24.2 Å². The second kappa shape index (κ2) is 11.4. The molecule has 1 fully saturated rings. The number of hydrogen-bond donors (Lipinski definition) is 2. The molecule has 154 valence electrons. The van der Waals surface area contributed by atoms with Gasteiger partial charge in [0, 0.05) is 39.3 Å². The summed E-state index contributed by atoms with van der Waals surface area (Å²) in [6, 6.07) is 6.94. The number of ether oxygens (including phenoxy) is 1. The van der Waals surface area contributed by atoms with Crippen molar-refractivity contribution in [3.05, 3.63) is 34.9 Å². The molecule has 1 aromatic rings. The molecule has 2 amide bonds. The van der Waals surface area contributed by atoms with Crippen molar-refractivity contribution in [2.24, 2.45) is 4.99 Å². The second-order valence-electron chi connectivity index (χ2n) is 6.14. The molecule has 1 saturated heterocycles. The fraction of sp³-hybridized carbons (Fsp3) is 0.526. The Morgan fingerprint density at radius 1 is 1.11 bits per heavy atom. The fourth-order valence-corrected chi connectivity index (χ4v) is 3.03. The molecule has 0 bridgehead atoms. The van der Waals surface area contributed by atoms with Crippen molar-refractivity contribution in [3.63, 3.8) is 0 Å². The Balaban J connectivity index is 1.83. The highest BCUT2D eigenvalue weighted by Crippen LogP contribution is 2.14. The number of hydrogen-bond acceptors (Lipinski definition) is 4. The van der Waals surface area contributed by atoms with Gasteiger partial charge in [0.05, 0.1) is 23.7 Å². The van der Waals surface area contributed by atoms with E-state index in [1.165, 1.54) is 0 Å². The average molecular weight is 410 g/mol. The van der Waals surface area contributed by atoms with Crippen molar-refractivity contribution in [1.29, 1.82) is 0 Å². The quantitative estimate of drug-likeness (QED) is 0.425. The number of nitrogens with one attached hydrogen (secondary N) is 2. The zero-order valence-corrected chi connectivity index (χ0v) is 17.2. The maximum Gasteiger partial charge on any atom is 0.409 e. The number of amides is 2. The van der Waals surface area contributed by atoms with Crippen LogP contribution in [-0.4, -0.2) is 80.2 Å². The summed E-state index contributed by atoms with van der Waals surface area (Å²) in [6.45, 7) is 8.30. The van der Waals surface area contributed by atoms with E-state index in [1.807, 2.05) is 6.92 Å². The first-order valence-corrected chi connectivity index (χ1v) is 9.92. The molecule has 1 aromatic carbocycles. The van der Waals surface area contributed by atoms with Gasteiger partial charge in [0.15, 0.2) is 5.96 Å². The normalized spacial score (nSPS) is 14.6. The minimum atomic E-state index is -0.272. The smallest absolute Gasteiger partial charge is 0.409 e. The van der Waals surface area contributed by atoms with E-state index in [2.05, 4.69) is 20.5 Å². The highest BCUT2D eigenvalue weighted by atomic mass is 35.5. The van der Waals surface area contributed by atoms with Gasteiger partial charge in [0.2, 0.25) is 0 Å². The molecule has 0 unspecified atom stereocenters. The maximum absolute atomic E-state index is 12.2. The largest absolute Gasteiger partial charge is 0.450 e. The van der Waals surface area contributed by atoms with E-state index in [-0.39, 0.29) is 12.0 Å². The van der Waals surface area contributed by atoms with Crippen LogP contribution in [0.4, 0.5) is 4.79 Å². The number of benzene rings is 1. The van der Waals surface area contributed by atoms with Crippen molar-refractivity contribution < 1.29 is 14.3 Å². The van der Waals surface area contributed by atoms with Gasteiger partial charge in [0.25, 0.3) is 5.91 Å². The van der Waals surface area contributed by atoms with Crippen molar-refractivity contribution in [2.75, 3.05) is 52.4 Å². The van der Waals surface area contributed by atoms with E-state index < -0.39 is 0 Å². The van der Waals surface area contributed by atoms with Gasteiger partial charge >= 0.3 is 6.09 Å². The average Bonchev–Trinajstić information content (AvgIpc) is 2.71. The molecule has 0 spiro atoms. The Morgan fingerprint density at radius 2 is 1.79 bits per heavy atom. The van der Waals surface area contributed by atoms with Gasteiger partial charge in [-0.15, -0.1) is 0 Å². The zero-order valence-electron chi connectivity index (χ0n) is 16.4. The lowest BCUT2D eigenvalue weighted by molar-refractivity contribution is 0.0914. The third-order valence-corrected chi connectivity index (χ3v) is 4.55. The van der Waals surface area contributed by atoms with Gasteiger partial charge in [-0.1, -0.05) is 23.7 Å². The Morgan fingerprint density at radius 3 is 2.43 bits per heavy atom. The topological polar surface area (TPSA) is 86.3 Å². The summed E-state index contributed by atoms with van der Waals surface area (Å²) in [5.41, 5.74) is 0.454. The standard InChI is InChI=1S/C19H28ClN5O3/c1-3-21-18(24-11-13-25(14-12-24)19(27)28-4-2)23-10-9-22-17(26)15-7-5-6-8-16(15)20/h5-8H,3-4,9-14H2,1-2H3,(H,21,23)(H,22,26). The van der Waals surface area contributed by atoms with Crippen LogP contribution in [0.3, 0.4) is 0 Å². The van der Waals surface area contributed by atoms with Gasteiger partial charge in [-0.25, -0.2) is 4.79 Å². The summed E-state index contributed by atoms with van der Waals surface area (Å²) >= 11 is 6.04. The van der Waals surface area contributed by atoms with Crippen molar-refractivity contribution in [3.8, 4) is 0 Å². The molecule has 0 aliphatic carbocycles. The van der Waals surface area contributed by atoms with E-state index in [9.17, 15) is 9.59 Å². The molecular formula is C19H28ClN5O3. The molecule has 0 radical (unpaired) electrons. The molecule has 1 aliphatic heterocycles. The summed E-state index contributed by atoms with van der Waals surface area (Å²) in [5.74, 6) is 0.562. The van der Waals surface area contributed by atoms with E-state index in [4.69, 9.17) is 16.3 Å². The van der Waals surface area contributed by atoms with E-state index in [1.54, 1.807) is 36.1 Å². The highest BCUT2D eigenvalue weighted by molar-refractivity contribution is 6.33. The number of rotatable bonds is 6. The van der Waals surface area contributed by atoms with E-state index in [0.29, 0.717) is 56.5 Å². The van der Waals surface area contributed by atoms with Gasteiger partial charge in [-0.05, 0) is 26.0 Å². The van der Waals surface area contributed by atoms with Crippen LogP contribution >= 0.6 is 11.6 Å². The summed E-state index contributed by atoms with van der Waals surface area (Å²) in [5, 5.41) is 6.52. The van der Waals surface area contributed by atoms with Crippen LogP contribution in [0, 0.1) is 0 Å². The first kappa shape index (κ1) is 21.8. The molecule has 0 atom stereocenters. The number of carbonyl (C=O) groups is 2. The lowest BCUT2D eigenvalue weighted by Crippen LogP contribution is -2.54. The number of aliphatic imine (C=N–C) groups is 1. The Labute approximate surface area is 170 Å². The van der Waals surface area contributed by atoms with Gasteiger partial charge < -0.3 is 25.2 Å². The van der Waals surface area contributed by atoms with Crippen LogP contribution in [-0.2, 0) is 4.74 Å². The first-order valence-electron chi connectivity index (χ1n) is 9.54. The summed E-state index contributed by atoms with van der Waals surface area (Å²) in [6.07, 6.45) is -0.272. The molecule has 9 heteroatoms. The van der Waals surface area contributed by atoms with Gasteiger partial charge in [-0.2, -0.15) is 0 Å². The minimum absolute atomic E-state index is 0.214. The lowest BCUT2D eigenvalue weighted by Gasteiger charge is -2.35. The Bertz CT molecular complexity index is 690. The molecule has 2 N–H and O–H groups in total. The van der Waals surface area contributed by atoms with Crippen molar-refractivity contribution >= 4 is 29.6 Å². The minimum Gasteiger partial charge on any atom is -0.450 e. The third-order valence-electron chi connectivity index (χ3n) is 4.22. The molecule has 8 nitrogen and oxygen atoms in total. The SMILES string of the molecule is CCNC(=NCCNC(=O)c1ccccc1Cl)N1CCN(C(=O)OCC)CC1. The summed E-state index contributed by atoms with van der Waals surface area (Å²) < 4.78 is 5.04. The first-order chi connectivity index (χ1) is 13.6. The van der Waals surface area contributed by atoms with E-state index >= 15 is 0 Å². The number of piperazine rings is 1. The number of nitrogens with zero attached hydrogens (tertiary/aromatic N) is 3. The summed E-state index contributed by atoms with van der Waals surface area (Å²) in [4.78, 5) is 32.4. The van der Waals surface area contributed by atoms with Crippen LogP contribution in [0.15, 0.2) is 29.3 Å². The molecule has 1 aliphatic rings. The van der Waals surface area contributed by atoms with Crippen LogP contribution < -0.4 is 10.6 Å². The molecular weight excluding hydrogens is 382 g/mol. The lowest BCUT2D eigenvalue weighted by atomic mass is 10.2. The number of carbonyl (C=O) groups excluding carboxylic acids is 2. The molecule has 1 heterocycles. The highest BCUT2D eigenvalue weighted by Gasteiger charge is 2.23. The molecule has 0 saturated carbocycles. The van der Waals surface area contributed by atoms with Crippen LogP contribution in [0.5, 0.6) is 0 Å². The maximum atomic E-state index is 12.2. The fourth-order valence-electron chi connectivity index (χ4n) is 2.81. The van der Waals surface area contributed by atoms with Crippen LogP contribution in [0.2, 0.25) is 5.02 Å². The Kier molecular flexibility index (Phi) is 8.87. The monoisotopic (exact) mass is 409 g/mol. The zero-order chi connectivity index (χ0) is 20.4. The molecule has 2 rings (SSSR count). The van der Waals surface area contributed by atoms with Crippen LogP contribution in [0.25, 0.3) is 0 Å². The van der Waals surface area contributed by atoms with Gasteiger partial charge in [0.1, 0.15) is 0 Å². The van der Waals surface area contributed by atoms with E-state index in [0.717, 1.165) is 12.5 Å². The predicted octanol–water partition coefficient (Wildman–Crippen LogP) is 1.81. The van der Waals surface area contributed by atoms with Crippen molar-refractivity contribution in [2.45, 2.75) is 13.8 Å². The Hall–Kier alpha value is -2.48. The predicted molar refractivity (Wildman–Crippen MR) is 110 cm³/mol. The third kappa shape index (κ3) is 6.30. The van der Waals surface area contributed by atoms with Crippen molar-refractivity contribution in [1.82, 2.24) is 20.4 Å².